The van der Waals surface area contributed by atoms with Gasteiger partial charge in [0.1, 0.15) is 0 Å². The van der Waals surface area contributed by atoms with Crippen LogP contribution in [0, 0.1) is 11.8 Å². The molecule has 4 nitrogen and oxygen atoms in total. The monoisotopic (exact) mass is 254 g/mol. The van der Waals surface area contributed by atoms with E-state index in [0.29, 0.717) is 0 Å². The standard InChI is InChI=1S/C14H26N2O2/c1-11-3-4-13(12(2)9-11)16-7-5-15(6-8-16)10-14(17)18/h11-13H,3-10H2,1-2H3,(H,17,18). The van der Waals surface area contributed by atoms with Crippen LogP contribution in [0.1, 0.15) is 33.1 Å². The van der Waals surface area contributed by atoms with Gasteiger partial charge in [-0.15, -0.1) is 0 Å². The van der Waals surface area contributed by atoms with Crippen molar-refractivity contribution in [3.63, 3.8) is 0 Å². The Morgan fingerprint density at radius 3 is 2.39 bits per heavy atom. The summed E-state index contributed by atoms with van der Waals surface area (Å²) >= 11 is 0. The van der Waals surface area contributed by atoms with E-state index in [1.165, 1.54) is 19.3 Å². The van der Waals surface area contributed by atoms with Crippen molar-refractivity contribution in [1.29, 1.82) is 0 Å². The molecule has 0 spiro atoms. The lowest BCUT2D eigenvalue weighted by molar-refractivity contribution is -0.138. The average Bonchev–Trinajstić information content (AvgIpc) is 2.30. The third-order valence-corrected chi connectivity index (χ3v) is 4.62. The molecule has 1 aliphatic heterocycles. The second kappa shape index (κ2) is 6.02. The highest BCUT2D eigenvalue weighted by Crippen LogP contribution is 2.32. The van der Waals surface area contributed by atoms with Crippen molar-refractivity contribution in [2.45, 2.75) is 39.2 Å². The maximum Gasteiger partial charge on any atom is 0.317 e. The van der Waals surface area contributed by atoms with Gasteiger partial charge in [0, 0.05) is 32.2 Å². The smallest absolute Gasteiger partial charge is 0.317 e. The van der Waals surface area contributed by atoms with Crippen LogP contribution in [0.15, 0.2) is 0 Å². The fraction of sp³-hybridized carbons (Fsp3) is 0.929. The summed E-state index contributed by atoms with van der Waals surface area (Å²) in [5.74, 6) is 0.965. The number of hydrogen-bond acceptors (Lipinski definition) is 3. The van der Waals surface area contributed by atoms with Crippen molar-refractivity contribution < 1.29 is 9.90 Å². The molecule has 3 atom stereocenters. The summed E-state index contributed by atoms with van der Waals surface area (Å²) in [6, 6.07) is 0.730. The van der Waals surface area contributed by atoms with Crippen LogP contribution < -0.4 is 0 Å². The zero-order valence-electron chi connectivity index (χ0n) is 11.6. The van der Waals surface area contributed by atoms with Crippen LogP contribution in [0.3, 0.4) is 0 Å². The van der Waals surface area contributed by atoms with Gasteiger partial charge >= 0.3 is 5.97 Å². The Kier molecular flexibility index (Phi) is 4.62. The topological polar surface area (TPSA) is 43.8 Å². The molecule has 3 unspecified atom stereocenters. The predicted octanol–water partition coefficient (Wildman–Crippen LogP) is 1.51. The molecular weight excluding hydrogens is 228 g/mol. The first-order valence-electron chi connectivity index (χ1n) is 7.24. The summed E-state index contributed by atoms with van der Waals surface area (Å²) in [6.45, 7) is 8.83. The lowest BCUT2D eigenvalue weighted by atomic mass is 9.79. The van der Waals surface area contributed by atoms with E-state index in [1.54, 1.807) is 0 Å². The van der Waals surface area contributed by atoms with Crippen molar-refractivity contribution in [3.8, 4) is 0 Å². The van der Waals surface area contributed by atoms with E-state index in [0.717, 1.165) is 44.1 Å². The van der Waals surface area contributed by atoms with E-state index in [4.69, 9.17) is 5.11 Å². The molecule has 1 aliphatic carbocycles. The zero-order chi connectivity index (χ0) is 13.1. The largest absolute Gasteiger partial charge is 0.480 e. The summed E-state index contributed by atoms with van der Waals surface area (Å²) < 4.78 is 0. The number of nitrogens with zero attached hydrogens (tertiary/aromatic N) is 2. The molecule has 0 amide bonds. The Balaban J connectivity index is 1.80. The fourth-order valence-electron chi connectivity index (χ4n) is 3.64. The van der Waals surface area contributed by atoms with Gasteiger partial charge in [-0.05, 0) is 31.1 Å². The number of carbonyl (C=O) groups is 1. The van der Waals surface area contributed by atoms with Crippen LogP contribution in [-0.4, -0.2) is 59.6 Å². The molecule has 0 bridgehead atoms. The number of carboxylic acids is 1. The molecule has 1 heterocycles. The number of carboxylic acid groups (broad SMARTS) is 1. The average molecular weight is 254 g/mol. The van der Waals surface area contributed by atoms with E-state index >= 15 is 0 Å². The van der Waals surface area contributed by atoms with Crippen LogP contribution in [0.4, 0.5) is 0 Å². The summed E-state index contributed by atoms with van der Waals surface area (Å²) in [5.41, 5.74) is 0. The molecular formula is C14H26N2O2. The molecule has 2 aliphatic rings. The third-order valence-electron chi connectivity index (χ3n) is 4.62. The van der Waals surface area contributed by atoms with Crippen LogP contribution in [0.25, 0.3) is 0 Å². The highest BCUT2D eigenvalue weighted by molar-refractivity contribution is 5.69. The van der Waals surface area contributed by atoms with Crippen molar-refractivity contribution >= 4 is 5.97 Å². The molecule has 2 fully saturated rings. The van der Waals surface area contributed by atoms with Gasteiger partial charge in [-0.25, -0.2) is 0 Å². The van der Waals surface area contributed by atoms with Crippen LogP contribution in [0.2, 0.25) is 0 Å². The SMILES string of the molecule is CC1CCC(N2CCN(CC(=O)O)CC2)C(C)C1. The minimum atomic E-state index is -0.705. The maximum absolute atomic E-state index is 10.7. The first kappa shape index (κ1) is 13.8. The third kappa shape index (κ3) is 3.45. The second-order valence-corrected chi connectivity index (χ2v) is 6.17. The molecule has 0 aromatic heterocycles. The van der Waals surface area contributed by atoms with Gasteiger partial charge in [0.25, 0.3) is 0 Å². The Labute approximate surface area is 110 Å². The van der Waals surface area contributed by atoms with E-state index in [2.05, 4.69) is 23.6 Å². The maximum atomic E-state index is 10.7. The van der Waals surface area contributed by atoms with Crippen LogP contribution in [0.5, 0.6) is 0 Å². The minimum absolute atomic E-state index is 0.199. The predicted molar refractivity (Wildman–Crippen MR) is 71.6 cm³/mol. The number of hydrogen-bond donors (Lipinski definition) is 1. The van der Waals surface area contributed by atoms with Crippen LogP contribution >= 0.6 is 0 Å². The molecule has 0 aromatic carbocycles. The fourth-order valence-corrected chi connectivity index (χ4v) is 3.64. The molecule has 4 heteroatoms. The van der Waals surface area contributed by atoms with Gasteiger partial charge in [0.2, 0.25) is 0 Å². The number of rotatable bonds is 3. The lowest BCUT2D eigenvalue weighted by Gasteiger charge is -2.44. The van der Waals surface area contributed by atoms with E-state index in [1.807, 2.05) is 0 Å². The molecule has 2 rings (SSSR count). The summed E-state index contributed by atoms with van der Waals surface area (Å²) in [5, 5.41) is 8.80. The van der Waals surface area contributed by atoms with E-state index < -0.39 is 5.97 Å². The number of piperazine rings is 1. The Hall–Kier alpha value is -0.610. The Morgan fingerprint density at radius 1 is 1.17 bits per heavy atom. The van der Waals surface area contributed by atoms with Gasteiger partial charge in [-0.1, -0.05) is 13.8 Å². The van der Waals surface area contributed by atoms with Crippen molar-refractivity contribution in [1.82, 2.24) is 9.80 Å². The molecule has 1 N–H and O–H groups in total. The van der Waals surface area contributed by atoms with Crippen molar-refractivity contribution in [2.75, 3.05) is 32.7 Å². The summed E-state index contributed by atoms with van der Waals surface area (Å²) in [7, 11) is 0. The summed E-state index contributed by atoms with van der Waals surface area (Å²) in [4.78, 5) is 15.3. The molecule has 0 aromatic rings. The molecule has 1 saturated carbocycles. The van der Waals surface area contributed by atoms with Gasteiger partial charge in [0.15, 0.2) is 0 Å². The highest BCUT2D eigenvalue weighted by Gasteiger charge is 2.31. The van der Waals surface area contributed by atoms with Gasteiger partial charge in [-0.2, -0.15) is 0 Å². The molecule has 104 valence electrons. The van der Waals surface area contributed by atoms with E-state index in [-0.39, 0.29) is 6.54 Å². The Bertz CT molecular complexity index is 288. The second-order valence-electron chi connectivity index (χ2n) is 6.17. The van der Waals surface area contributed by atoms with Crippen molar-refractivity contribution in [3.05, 3.63) is 0 Å². The molecule has 1 saturated heterocycles. The number of aliphatic carboxylic acids is 1. The highest BCUT2D eigenvalue weighted by atomic mass is 16.4. The lowest BCUT2D eigenvalue weighted by Crippen LogP contribution is -2.53. The molecule has 0 radical (unpaired) electrons. The van der Waals surface area contributed by atoms with Gasteiger partial charge < -0.3 is 5.11 Å². The first-order chi connectivity index (χ1) is 8.56. The molecule has 18 heavy (non-hydrogen) atoms. The summed E-state index contributed by atoms with van der Waals surface area (Å²) in [6.07, 6.45) is 4.02. The first-order valence-corrected chi connectivity index (χ1v) is 7.24. The van der Waals surface area contributed by atoms with E-state index in [9.17, 15) is 4.79 Å². The van der Waals surface area contributed by atoms with Gasteiger partial charge in [-0.3, -0.25) is 14.6 Å². The van der Waals surface area contributed by atoms with Crippen LogP contribution in [-0.2, 0) is 4.79 Å². The quantitative estimate of drug-likeness (QED) is 0.829. The zero-order valence-corrected chi connectivity index (χ0v) is 11.6. The van der Waals surface area contributed by atoms with Gasteiger partial charge in [0.05, 0.1) is 6.54 Å². The minimum Gasteiger partial charge on any atom is -0.480 e. The normalized spacial score (nSPS) is 35.6. The van der Waals surface area contributed by atoms with Crippen molar-refractivity contribution in [2.24, 2.45) is 11.8 Å². The Morgan fingerprint density at radius 2 is 1.83 bits per heavy atom.